The molecule has 0 aromatic heterocycles. The highest BCUT2D eigenvalue weighted by atomic mass is 16.6. The van der Waals surface area contributed by atoms with Crippen LogP contribution in [0.5, 0.6) is 0 Å². The van der Waals surface area contributed by atoms with Crippen molar-refractivity contribution in [1.82, 2.24) is 5.06 Å². The van der Waals surface area contributed by atoms with Gasteiger partial charge < -0.3 is 19.4 Å². The number of ether oxygens (including phenoxy) is 3. The standard InChI is InChI=1S/C33H43NO7/c1-6-39-31(36)29-27(24-15-11-8-12-16-24)28(30(35)40-20-23-13-9-7-10-14-23)33(5,34(29)38)32(37)41-26-19-22(4)17-18-25(26)21(2)3/h7-16,21-22,25-29,38H,6,17-20H2,1-5H3/t22-,25+,26-,27+,28-,29+,33+/m1/s1. The lowest BCUT2D eigenvalue weighted by atomic mass is 9.74. The van der Waals surface area contributed by atoms with Gasteiger partial charge in [0.1, 0.15) is 18.8 Å². The number of nitrogens with zero attached hydrogens (tertiary/aromatic N) is 1. The summed E-state index contributed by atoms with van der Waals surface area (Å²) in [6.45, 7) is 9.56. The Hall–Kier alpha value is -3.23. The smallest absolute Gasteiger partial charge is 0.329 e. The lowest BCUT2D eigenvalue weighted by molar-refractivity contribution is -0.216. The predicted octanol–water partition coefficient (Wildman–Crippen LogP) is 5.53. The molecule has 222 valence electrons. The zero-order chi connectivity index (χ0) is 29.7. The Kier molecular flexibility index (Phi) is 9.87. The van der Waals surface area contributed by atoms with Gasteiger partial charge in [0.05, 0.1) is 12.5 Å². The highest BCUT2D eigenvalue weighted by molar-refractivity contribution is 5.93. The molecule has 8 nitrogen and oxygen atoms in total. The molecule has 0 spiro atoms. The van der Waals surface area contributed by atoms with Gasteiger partial charge in [-0.25, -0.2) is 4.79 Å². The summed E-state index contributed by atoms with van der Waals surface area (Å²) in [6, 6.07) is 16.8. The number of hydrogen-bond donors (Lipinski definition) is 1. The van der Waals surface area contributed by atoms with Crippen molar-refractivity contribution in [2.24, 2.45) is 23.7 Å². The average Bonchev–Trinajstić information content (AvgIpc) is 3.20. The van der Waals surface area contributed by atoms with Crippen LogP contribution in [0.15, 0.2) is 60.7 Å². The monoisotopic (exact) mass is 565 g/mol. The molecule has 41 heavy (non-hydrogen) atoms. The van der Waals surface area contributed by atoms with E-state index < -0.39 is 41.3 Å². The van der Waals surface area contributed by atoms with Crippen molar-refractivity contribution >= 4 is 17.9 Å². The molecule has 1 aliphatic carbocycles. The molecule has 0 bridgehead atoms. The first-order valence-corrected chi connectivity index (χ1v) is 14.7. The second kappa shape index (κ2) is 13.2. The van der Waals surface area contributed by atoms with Crippen LogP contribution in [0.3, 0.4) is 0 Å². The molecule has 0 amide bonds. The van der Waals surface area contributed by atoms with Crippen molar-refractivity contribution in [3.05, 3.63) is 71.8 Å². The van der Waals surface area contributed by atoms with Gasteiger partial charge in [-0.15, -0.1) is 0 Å². The van der Waals surface area contributed by atoms with Crippen LogP contribution < -0.4 is 0 Å². The van der Waals surface area contributed by atoms with Crippen LogP contribution in [0.2, 0.25) is 0 Å². The van der Waals surface area contributed by atoms with Crippen molar-refractivity contribution in [3.63, 3.8) is 0 Å². The van der Waals surface area contributed by atoms with Gasteiger partial charge in [-0.3, -0.25) is 9.59 Å². The number of hydroxylamine groups is 2. The van der Waals surface area contributed by atoms with Gasteiger partial charge in [-0.1, -0.05) is 87.9 Å². The normalized spacial score (nSPS) is 30.1. The molecule has 1 saturated heterocycles. The SMILES string of the molecule is CCOC(=O)[C@@H]1[C@@H](c2ccccc2)[C@H](C(=O)OCc2ccccc2)[C@@](C)(C(=O)O[C@@H]2C[C@H](C)CC[C@H]2C(C)C)N1O. The molecule has 8 heteroatoms. The molecular weight excluding hydrogens is 522 g/mol. The van der Waals surface area contributed by atoms with Crippen molar-refractivity contribution < 1.29 is 33.8 Å². The first-order chi connectivity index (χ1) is 19.6. The summed E-state index contributed by atoms with van der Waals surface area (Å²) in [4.78, 5) is 41.6. The van der Waals surface area contributed by atoms with Crippen LogP contribution in [0.4, 0.5) is 0 Å². The number of carbonyl (C=O) groups excluding carboxylic acids is 3. The van der Waals surface area contributed by atoms with E-state index in [4.69, 9.17) is 14.2 Å². The van der Waals surface area contributed by atoms with Crippen molar-refractivity contribution in [2.75, 3.05) is 6.61 Å². The summed E-state index contributed by atoms with van der Waals surface area (Å²) in [5.74, 6) is -3.54. The Labute approximate surface area is 242 Å². The zero-order valence-electron chi connectivity index (χ0n) is 24.7. The third kappa shape index (κ3) is 6.33. The first-order valence-electron chi connectivity index (χ1n) is 14.7. The highest BCUT2D eigenvalue weighted by Crippen LogP contribution is 2.50. The molecule has 2 aromatic rings. The van der Waals surface area contributed by atoms with Gasteiger partial charge in [-0.2, -0.15) is 5.06 Å². The van der Waals surface area contributed by atoms with Crippen LogP contribution in [0, 0.1) is 23.7 Å². The van der Waals surface area contributed by atoms with E-state index in [2.05, 4.69) is 20.8 Å². The molecule has 4 rings (SSSR count). The number of rotatable bonds is 9. The minimum atomic E-state index is -1.91. The van der Waals surface area contributed by atoms with Gasteiger partial charge in [0.2, 0.25) is 0 Å². The zero-order valence-corrected chi connectivity index (χ0v) is 24.7. The molecule has 1 heterocycles. The maximum atomic E-state index is 14.2. The fraction of sp³-hybridized carbons (Fsp3) is 0.545. The Morgan fingerprint density at radius 1 is 0.976 bits per heavy atom. The van der Waals surface area contributed by atoms with Gasteiger partial charge in [0.25, 0.3) is 0 Å². The second-order valence-corrected chi connectivity index (χ2v) is 12.0. The van der Waals surface area contributed by atoms with E-state index in [1.165, 1.54) is 6.92 Å². The molecular formula is C33H43NO7. The van der Waals surface area contributed by atoms with E-state index in [0.29, 0.717) is 23.0 Å². The van der Waals surface area contributed by atoms with E-state index in [0.717, 1.165) is 18.4 Å². The topological polar surface area (TPSA) is 102 Å². The lowest BCUT2D eigenvalue weighted by Crippen LogP contribution is -2.57. The summed E-state index contributed by atoms with van der Waals surface area (Å²) in [7, 11) is 0. The van der Waals surface area contributed by atoms with Gasteiger partial charge >= 0.3 is 17.9 Å². The van der Waals surface area contributed by atoms with E-state index in [9.17, 15) is 19.6 Å². The van der Waals surface area contributed by atoms with Crippen molar-refractivity contribution in [3.8, 4) is 0 Å². The Morgan fingerprint density at radius 3 is 2.22 bits per heavy atom. The van der Waals surface area contributed by atoms with Crippen molar-refractivity contribution in [2.45, 2.75) is 84.1 Å². The second-order valence-electron chi connectivity index (χ2n) is 12.0. The molecule has 1 N–H and O–H groups in total. The molecule has 2 aromatic carbocycles. The summed E-state index contributed by atoms with van der Waals surface area (Å²) >= 11 is 0. The summed E-state index contributed by atoms with van der Waals surface area (Å²) < 4.78 is 17.3. The van der Waals surface area contributed by atoms with Gasteiger partial charge in [0, 0.05) is 5.92 Å². The van der Waals surface area contributed by atoms with Gasteiger partial charge in [0.15, 0.2) is 5.54 Å². The summed E-state index contributed by atoms with van der Waals surface area (Å²) in [5, 5.41) is 12.4. The van der Waals surface area contributed by atoms with Gasteiger partial charge in [-0.05, 0) is 55.6 Å². The lowest BCUT2D eigenvalue weighted by Gasteiger charge is -2.40. The molecule has 2 fully saturated rings. The maximum absolute atomic E-state index is 14.2. The van der Waals surface area contributed by atoms with Crippen LogP contribution >= 0.6 is 0 Å². The molecule has 2 aliphatic rings. The minimum absolute atomic E-state index is 0.0200. The van der Waals surface area contributed by atoms with E-state index in [1.807, 2.05) is 36.4 Å². The van der Waals surface area contributed by atoms with E-state index >= 15 is 0 Å². The van der Waals surface area contributed by atoms with Crippen LogP contribution in [0.1, 0.15) is 70.9 Å². The van der Waals surface area contributed by atoms with Crippen LogP contribution in [-0.2, 0) is 35.2 Å². The Balaban J connectivity index is 1.76. The van der Waals surface area contributed by atoms with Crippen LogP contribution in [0.25, 0.3) is 0 Å². The first kappa shape index (κ1) is 30.7. The molecule has 0 unspecified atom stereocenters. The summed E-state index contributed by atoms with van der Waals surface area (Å²) in [6.07, 6.45) is 2.31. The summed E-state index contributed by atoms with van der Waals surface area (Å²) in [5.41, 5.74) is -0.527. The van der Waals surface area contributed by atoms with E-state index in [-0.39, 0.29) is 31.2 Å². The average molecular weight is 566 g/mol. The highest BCUT2D eigenvalue weighted by Gasteiger charge is 2.67. The fourth-order valence-electron chi connectivity index (χ4n) is 6.56. The molecule has 1 saturated carbocycles. The number of esters is 3. The molecule has 0 radical (unpaired) electrons. The quantitative estimate of drug-likeness (QED) is 0.313. The van der Waals surface area contributed by atoms with Crippen molar-refractivity contribution in [1.29, 1.82) is 0 Å². The minimum Gasteiger partial charge on any atom is -0.465 e. The van der Waals surface area contributed by atoms with E-state index in [1.54, 1.807) is 31.2 Å². The number of benzene rings is 2. The molecule has 7 atom stereocenters. The third-order valence-corrected chi connectivity index (χ3v) is 8.87. The Bertz CT molecular complexity index is 1190. The number of carbonyl (C=O) groups is 3. The largest absolute Gasteiger partial charge is 0.465 e. The number of hydrogen-bond acceptors (Lipinski definition) is 8. The van der Waals surface area contributed by atoms with Crippen LogP contribution in [-0.4, -0.2) is 52.5 Å². The molecule has 1 aliphatic heterocycles. The maximum Gasteiger partial charge on any atom is 0.329 e. The fourth-order valence-corrected chi connectivity index (χ4v) is 6.56. The Morgan fingerprint density at radius 2 is 1.61 bits per heavy atom. The predicted molar refractivity (Wildman–Crippen MR) is 153 cm³/mol. The third-order valence-electron chi connectivity index (χ3n) is 8.87.